The van der Waals surface area contributed by atoms with Crippen molar-refractivity contribution in [2.45, 2.75) is 23.8 Å². The van der Waals surface area contributed by atoms with Gasteiger partial charge in [-0.15, -0.1) is 0 Å². The Hall–Kier alpha value is -0.670. The van der Waals surface area contributed by atoms with E-state index < -0.39 is 10.0 Å². The third kappa shape index (κ3) is 3.42. The van der Waals surface area contributed by atoms with Crippen LogP contribution in [0.5, 0.6) is 0 Å². The summed E-state index contributed by atoms with van der Waals surface area (Å²) in [6.07, 6.45) is 0.898. The van der Waals surface area contributed by atoms with Gasteiger partial charge < -0.3 is 5.32 Å². The predicted octanol–water partition coefficient (Wildman–Crippen LogP) is 0.848. The Kier molecular flexibility index (Phi) is 4.23. The van der Waals surface area contributed by atoms with Gasteiger partial charge in [0.15, 0.2) is 0 Å². The quantitative estimate of drug-likeness (QED) is 0.764. The first-order valence-corrected chi connectivity index (χ1v) is 8.08. The molecule has 1 aromatic carbocycles. The molecule has 0 spiro atoms. The number of carbonyl (C=O) groups is 1. The minimum atomic E-state index is -3.50. The molecule has 0 aliphatic carbocycles. The molecule has 1 unspecified atom stereocenters. The Balaban J connectivity index is 2.07. The molecule has 7 heteroatoms. The van der Waals surface area contributed by atoms with Gasteiger partial charge in [0.05, 0.1) is 4.90 Å². The van der Waals surface area contributed by atoms with Crippen LogP contribution in [0.1, 0.15) is 12.8 Å². The van der Waals surface area contributed by atoms with Crippen LogP contribution in [0.15, 0.2) is 29.2 Å². The zero-order chi connectivity index (χ0) is 13.2. The maximum atomic E-state index is 12.1. The van der Waals surface area contributed by atoms with Crippen molar-refractivity contribution in [2.24, 2.45) is 0 Å². The second kappa shape index (κ2) is 5.54. The molecule has 2 N–H and O–H groups in total. The zero-order valence-corrected chi connectivity index (χ0v) is 12.5. The van der Waals surface area contributed by atoms with E-state index in [1.54, 1.807) is 24.3 Å². The van der Waals surface area contributed by atoms with Crippen LogP contribution < -0.4 is 10.0 Å². The Labute approximate surface area is 120 Å². The van der Waals surface area contributed by atoms with E-state index in [2.05, 4.69) is 32.6 Å². The predicted molar refractivity (Wildman–Crippen MR) is 75.5 cm³/mol. The standard InChI is InChI=1S/C11H13IN2O3S/c12-8-1-4-10(5-2-8)18(16,17)14-9-3-6-11(15)13-7-9/h1-2,4-5,9,14H,3,6-7H2,(H,13,15). The minimum absolute atomic E-state index is 0.0280. The smallest absolute Gasteiger partial charge is 0.240 e. The number of halogens is 1. The van der Waals surface area contributed by atoms with Crippen LogP contribution in [-0.2, 0) is 14.8 Å². The van der Waals surface area contributed by atoms with Crippen LogP contribution in [0.25, 0.3) is 0 Å². The Morgan fingerprint density at radius 2 is 1.94 bits per heavy atom. The van der Waals surface area contributed by atoms with E-state index in [0.717, 1.165) is 3.57 Å². The average Bonchev–Trinajstić information content (AvgIpc) is 2.32. The summed E-state index contributed by atoms with van der Waals surface area (Å²) in [5, 5.41) is 2.65. The van der Waals surface area contributed by atoms with E-state index in [1.807, 2.05) is 0 Å². The molecule has 1 saturated heterocycles. The van der Waals surface area contributed by atoms with Crippen LogP contribution in [0.3, 0.4) is 0 Å². The Bertz CT molecular complexity index is 532. The van der Waals surface area contributed by atoms with Crippen molar-refractivity contribution in [3.63, 3.8) is 0 Å². The number of nitrogens with one attached hydrogen (secondary N) is 2. The molecule has 0 radical (unpaired) electrons. The highest BCUT2D eigenvalue weighted by Crippen LogP contribution is 2.14. The first-order valence-electron chi connectivity index (χ1n) is 5.52. The molecule has 1 aromatic rings. The van der Waals surface area contributed by atoms with E-state index in [0.29, 0.717) is 19.4 Å². The first-order chi connectivity index (χ1) is 8.47. The normalized spacial score (nSPS) is 20.5. The lowest BCUT2D eigenvalue weighted by Gasteiger charge is -2.23. The molecule has 2 rings (SSSR count). The number of amides is 1. The zero-order valence-electron chi connectivity index (χ0n) is 9.52. The second-order valence-electron chi connectivity index (χ2n) is 4.11. The van der Waals surface area contributed by atoms with Crippen molar-refractivity contribution >= 4 is 38.5 Å². The van der Waals surface area contributed by atoms with Crippen LogP contribution in [0, 0.1) is 3.57 Å². The van der Waals surface area contributed by atoms with E-state index in [-0.39, 0.29) is 16.8 Å². The molecule has 0 bridgehead atoms. The molecule has 0 saturated carbocycles. The molecule has 18 heavy (non-hydrogen) atoms. The fourth-order valence-electron chi connectivity index (χ4n) is 1.73. The fraction of sp³-hybridized carbons (Fsp3) is 0.364. The van der Waals surface area contributed by atoms with Gasteiger partial charge in [-0.1, -0.05) is 0 Å². The maximum Gasteiger partial charge on any atom is 0.240 e. The van der Waals surface area contributed by atoms with Crippen molar-refractivity contribution in [1.29, 1.82) is 0 Å². The molecule has 1 heterocycles. The Morgan fingerprint density at radius 1 is 1.28 bits per heavy atom. The van der Waals surface area contributed by atoms with Crippen molar-refractivity contribution in [3.05, 3.63) is 27.8 Å². The fourth-order valence-corrected chi connectivity index (χ4v) is 3.36. The number of carbonyl (C=O) groups excluding carboxylic acids is 1. The third-order valence-electron chi connectivity index (χ3n) is 2.71. The number of piperidine rings is 1. The van der Waals surface area contributed by atoms with Crippen molar-refractivity contribution in [2.75, 3.05) is 6.54 Å². The van der Waals surface area contributed by atoms with Crippen molar-refractivity contribution in [3.8, 4) is 0 Å². The first kappa shape index (κ1) is 13.8. The number of sulfonamides is 1. The van der Waals surface area contributed by atoms with Gasteiger partial charge in [-0.2, -0.15) is 0 Å². The van der Waals surface area contributed by atoms with Gasteiger partial charge in [0.1, 0.15) is 0 Å². The van der Waals surface area contributed by atoms with E-state index in [4.69, 9.17) is 0 Å². The summed E-state index contributed by atoms with van der Waals surface area (Å²) in [4.78, 5) is 11.2. The van der Waals surface area contributed by atoms with E-state index in [9.17, 15) is 13.2 Å². The molecule has 1 fully saturated rings. The van der Waals surface area contributed by atoms with Crippen molar-refractivity contribution in [1.82, 2.24) is 10.0 Å². The summed E-state index contributed by atoms with van der Waals surface area (Å²) >= 11 is 2.12. The summed E-state index contributed by atoms with van der Waals surface area (Å²) in [5.41, 5.74) is 0. The highest BCUT2D eigenvalue weighted by Gasteiger charge is 2.23. The number of benzene rings is 1. The SMILES string of the molecule is O=C1CCC(NS(=O)(=O)c2ccc(I)cc2)CN1. The van der Waals surface area contributed by atoms with E-state index in [1.165, 1.54) is 0 Å². The lowest BCUT2D eigenvalue weighted by molar-refractivity contribution is -0.122. The molecule has 98 valence electrons. The van der Waals surface area contributed by atoms with Gasteiger partial charge in [-0.3, -0.25) is 4.79 Å². The molecule has 5 nitrogen and oxygen atoms in total. The largest absolute Gasteiger partial charge is 0.355 e. The van der Waals surface area contributed by atoms with Gasteiger partial charge in [-0.25, -0.2) is 13.1 Å². The molecule has 1 atom stereocenters. The van der Waals surface area contributed by atoms with Gasteiger partial charge in [-0.05, 0) is 53.3 Å². The molecule has 1 aliphatic heterocycles. The summed E-state index contributed by atoms with van der Waals surface area (Å²) in [5.74, 6) is -0.0280. The highest BCUT2D eigenvalue weighted by atomic mass is 127. The number of hydrogen-bond donors (Lipinski definition) is 2. The maximum absolute atomic E-state index is 12.1. The summed E-state index contributed by atoms with van der Waals surface area (Å²) in [7, 11) is -3.50. The minimum Gasteiger partial charge on any atom is -0.355 e. The van der Waals surface area contributed by atoms with Gasteiger partial charge in [0.25, 0.3) is 0 Å². The molecular weight excluding hydrogens is 367 g/mol. The van der Waals surface area contributed by atoms with Gasteiger partial charge in [0.2, 0.25) is 15.9 Å². The van der Waals surface area contributed by atoms with Gasteiger partial charge >= 0.3 is 0 Å². The second-order valence-corrected chi connectivity index (χ2v) is 7.07. The summed E-state index contributed by atoms with van der Waals surface area (Å²) in [6, 6.07) is 6.42. The van der Waals surface area contributed by atoms with Gasteiger partial charge in [0, 0.05) is 22.6 Å². The Morgan fingerprint density at radius 3 is 2.50 bits per heavy atom. The van der Waals surface area contributed by atoms with Crippen LogP contribution in [0.2, 0.25) is 0 Å². The topological polar surface area (TPSA) is 75.3 Å². The van der Waals surface area contributed by atoms with Crippen LogP contribution in [0.4, 0.5) is 0 Å². The number of hydrogen-bond acceptors (Lipinski definition) is 3. The lowest BCUT2D eigenvalue weighted by atomic mass is 10.1. The molecule has 0 aromatic heterocycles. The summed E-state index contributed by atoms with van der Waals surface area (Å²) in [6.45, 7) is 0.350. The van der Waals surface area contributed by atoms with Crippen molar-refractivity contribution < 1.29 is 13.2 Å². The van der Waals surface area contributed by atoms with E-state index >= 15 is 0 Å². The average molecular weight is 380 g/mol. The summed E-state index contributed by atoms with van der Waals surface area (Å²) < 4.78 is 27.7. The lowest BCUT2D eigenvalue weighted by Crippen LogP contribution is -2.47. The van der Waals surface area contributed by atoms with Crippen LogP contribution >= 0.6 is 22.6 Å². The monoisotopic (exact) mass is 380 g/mol. The highest BCUT2D eigenvalue weighted by molar-refractivity contribution is 14.1. The molecular formula is C11H13IN2O3S. The third-order valence-corrected chi connectivity index (χ3v) is 4.97. The molecule has 1 aliphatic rings. The van der Waals surface area contributed by atoms with Crippen LogP contribution in [-0.4, -0.2) is 26.9 Å². The number of rotatable bonds is 3. The molecule has 1 amide bonds.